The number of rotatable bonds is 5. The third kappa shape index (κ3) is 3.91. The summed E-state index contributed by atoms with van der Waals surface area (Å²) in [5.74, 6) is 0.863. The van der Waals surface area contributed by atoms with Crippen molar-refractivity contribution in [3.05, 3.63) is 64.2 Å². The third-order valence-corrected chi connectivity index (χ3v) is 4.86. The summed E-state index contributed by atoms with van der Waals surface area (Å²) < 4.78 is 5.21. The highest BCUT2D eigenvalue weighted by atomic mass is 16.6. The second-order valence-corrected chi connectivity index (χ2v) is 6.25. The van der Waals surface area contributed by atoms with E-state index < -0.39 is 0 Å². The van der Waals surface area contributed by atoms with Gasteiger partial charge in [0.15, 0.2) is 0 Å². The third-order valence-electron chi connectivity index (χ3n) is 4.86. The van der Waals surface area contributed by atoms with E-state index in [0.717, 1.165) is 37.5 Å². The number of hydrogen-bond acceptors (Lipinski definition) is 5. The molecular weight excluding hydrogens is 318 g/mol. The lowest BCUT2D eigenvalue weighted by Gasteiger charge is -2.39. The fourth-order valence-corrected chi connectivity index (χ4v) is 3.27. The van der Waals surface area contributed by atoms with E-state index in [1.807, 2.05) is 18.2 Å². The Morgan fingerprint density at radius 2 is 1.76 bits per heavy atom. The van der Waals surface area contributed by atoms with Crippen molar-refractivity contribution in [3.8, 4) is 5.75 Å². The maximum absolute atomic E-state index is 11.0. The first-order valence-electron chi connectivity index (χ1n) is 8.46. The van der Waals surface area contributed by atoms with Gasteiger partial charge in [-0.3, -0.25) is 15.0 Å². The summed E-state index contributed by atoms with van der Waals surface area (Å²) in [6.45, 7) is 5.84. The van der Waals surface area contributed by atoms with Crippen LogP contribution in [0.15, 0.2) is 48.5 Å². The van der Waals surface area contributed by atoms with Gasteiger partial charge in [-0.15, -0.1) is 0 Å². The minimum atomic E-state index is -0.335. The van der Waals surface area contributed by atoms with Crippen LogP contribution >= 0.6 is 0 Å². The normalized spacial score (nSPS) is 16.5. The molecule has 1 fully saturated rings. The van der Waals surface area contributed by atoms with E-state index in [9.17, 15) is 10.1 Å². The number of benzene rings is 2. The Morgan fingerprint density at radius 1 is 1.08 bits per heavy atom. The Hall–Kier alpha value is -2.60. The molecule has 1 aliphatic rings. The molecule has 0 aromatic heterocycles. The molecule has 6 nitrogen and oxygen atoms in total. The van der Waals surface area contributed by atoms with E-state index in [0.29, 0.717) is 0 Å². The van der Waals surface area contributed by atoms with Gasteiger partial charge < -0.3 is 9.64 Å². The summed E-state index contributed by atoms with van der Waals surface area (Å²) in [5, 5.41) is 11.0. The molecule has 132 valence electrons. The number of nitro benzene ring substituents is 1. The van der Waals surface area contributed by atoms with Crippen molar-refractivity contribution in [3.63, 3.8) is 0 Å². The first-order valence-corrected chi connectivity index (χ1v) is 8.46. The fraction of sp³-hybridized carbons (Fsp3) is 0.368. The van der Waals surface area contributed by atoms with Crippen LogP contribution < -0.4 is 9.64 Å². The molecule has 2 aromatic carbocycles. The molecule has 1 atom stereocenters. The molecule has 0 saturated carbocycles. The highest BCUT2D eigenvalue weighted by molar-refractivity contribution is 5.49. The van der Waals surface area contributed by atoms with Gasteiger partial charge in [-0.2, -0.15) is 0 Å². The van der Waals surface area contributed by atoms with Crippen molar-refractivity contribution in [1.29, 1.82) is 0 Å². The van der Waals surface area contributed by atoms with Crippen LogP contribution in [0, 0.1) is 10.1 Å². The lowest BCUT2D eigenvalue weighted by atomic mass is 10.1. The number of methoxy groups -OCH3 is 1. The molecule has 0 unspecified atom stereocenters. The van der Waals surface area contributed by atoms with E-state index in [2.05, 4.69) is 28.9 Å². The molecule has 1 heterocycles. The van der Waals surface area contributed by atoms with Gasteiger partial charge in [0, 0.05) is 50.0 Å². The van der Waals surface area contributed by atoms with Gasteiger partial charge in [-0.25, -0.2) is 0 Å². The van der Waals surface area contributed by atoms with Crippen molar-refractivity contribution >= 4 is 11.4 Å². The monoisotopic (exact) mass is 341 g/mol. The number of anilines is 1. The lowest BCUT2D eigenvalue weighted by molar-refractivity contribution is -0.384. The first kappa shape index (κ1) is 17.2. The molecule has 1 aliphatic heterocycles. The molecule has 0 aliphatic carbocycles. The number of piperazine rings is 1. The Labute approximate surface area is 147 Å². The molecule has 0 spiro atoms. The van der Waals surface area contributed by atoms with Crippen molar-refractivity contribution in [2.24, 2.45) is 0 Å². The number of non-ortho nitro benzene ring substituents is 1. The Kier molecular flexibility index (Phi) is 5.19. The minimum Gasteiger partial charge on any atom is -0.497 e. The predicted molar refractivity (Wildman–Crippen MR) is 98.3 cm³/mol. The molecule has 0 radical (unpaired) electrons. The maximum atomic E-state index is 11.0. The van der Waals surface area contributed by atoms with Crippen LogP contribution in [0.1, 0.15) is 18.5 Å². The first-order chi connectivity index (χ1) is 12.1. The van der Waals surface area contributed by atoms with E-state index >= 15 is 0 Å². The maximum Gasteiger partial charge on any atom is 0.269 e. The van der Waals surface area contributed by atoms with Crippen molar-refractivity contribution in [1.82, 2.24) is 4.90 Å². The predicted octanol–water partition coefficient (Wildman–Crippen LogP) is 3.49. The SMILES string of the molecule is COc1ccc(N2CCN([C@H](C)c3cccc([N+](=O)[O-])c3)CC2)cc1. The number of nitro groups is 1. The average Bonchev–Trinajstić information content (AvgIpc) is 2.67. The van der Waals surface area contributed by atoms with Crippen LogP contribution in [0.3, 0.4) is 0 Å². The Morgan fingerprint density at radius 3 is 2.36 bits per heavy atom. The van der Waals surface area contributed by atoms with Gasteiger partial charge in [0.1, 0.15) is 5.75 Å². The molecule has 2 aromatic rings. The highest BCUT2D eigenvalue weighted by Gasteiger charge is 2.23. The minimum absolute atomic E-state index is 0.154. The molecular formula is C19H23N3O3. The smallest absolute Gasteiger partial charge is 0.269 e. The lowest BCUT2D eigenvalue weighted by Crippen LogP contribution is -2.47. The van der Waals surface area contributed by atoms with E-state index in [4.69, 9.17) is 4.74 Å². The van der Waals surface area contributed by atoms with Gasteiger partial charge in [-0.1, -0.05) is 12.1 Å². The molecule has 0 amide bonds. The summed E-state index contributed by atoms with van der Waals surface area (Å²) in [6, 6.07) is 15.2. The summed E-state index contributed by atoms with van der Waals surface area (Å²) in [4.78, 5) is 15.4. The van der Waals surface area contributed by atoms with Crippen molar-refractivity contribution in [2.45, 2.75) is 13.0 Å². The number of hydrogen-bond donors (Lipinski definition) is 0. The topological polar surface area (TPSA) is 58.8 Å². The summed E-state index contributed by atoms with van der Waals surface area (Å²) >= 11 is 0. The van der Waals surface area contributed by atoms with Crippen LogP contribution in [-0.4, -0.2) is 43.1 Å². The summed E-state index contributed by atoms with van der Waals surface area (Å²) in [5.41, 5.74) is 2.34. The zero-order chi connectivity index (χ0) is 17.8. The zero-order valence-electron chi connectivity index (χ0n) is 14.6. The molecule has 3 rings (SSSR count). The Bertz CT molecular complexity index is 725. The fourth-order valence-electron chi connectivity index (χ4n) is 3.27. The van der Waals surface area contributed by atoms with Gasteiger partial charge >= 0.3 is 0 Å². The molecule has 25 heavy (non-hydrogen) atoms. The molecule has 0 N–H and O–H groups in total. The van der Waals surface area contributed by atoms with Gasteiger partial charge in [0.2, 0.25) is 0 Å². The number of nitrogens with zero attached hydrogens (tertiary/aromatic N) is 3. The average molecular weight is 341 g/mol. The van der Waals surface area contributed by atoms with E-state index in [-0.39, 0.29) is 16.7 Å². The van der Waals surface area contributed by atoms with Crippen LogP contribution in [0.2, 0.25) is 0 Å². The molecule has 6 heteroatoms. The van der Waals surface area contributed by atoms with E-state index in [1.165, 1.54) is 11.8 Å². The molecule has 1 saturated heterocycles. The second-order valence-electron chi connectivity index (χ2n) is 6.25. The van der Waals surface area contributed by atoms with Gasteiger partial charge in [-0.05, 0) is 36.8 Å². The van der Waals surface area contributed by atoms with Crippen molar-refractivity contribution in [2.75, 3.05) is 38.2 Å². The highest BCUT2D eigenvalue weighted by Crippen LogP contribution is 2.26. The van der Waals surface area contributed by atoms with Gasteiger partial charge in [0.05, 0.1) is 12.0 Å². The largest absolute Gasteiger partial charge is 0.497 e. The number of ether oxygens (including phenoxy) is 1. The summed E-state index contributed by atoms with van der Waals surface area (Å²) in [7, 11) is 1.67. The second kappa shape index (κ2) is 7.53. The van der Waals surface area contributed by atoms with Gasteiger partial charge in [0.25, 0.3) is 5.69 Å². The standard InChI is InChI=1S/C19H23N3O3/c1-15(16-4-3-5-18(14-16)22(23)24)20-10-12-21(13-11-20)17-6-8-19(25-2)9-7-17/h3-9,14-15H,10-13H2,1-2H3/t15-/m1/s1. The van der Waals surface area contributed by atoms with E-state index in [1.54, 1.807) is 19.2 Å². The van der Waals surface area contributed by atoms with Crippen molar-refractivity contribution < 1.29 is 9.66 Å². The van der Waals surface area contributed by atoms with Crippen LogP contribution in [0.4, 0.5) is 11.4 Å². The summed E-state index contributed by atoms with van der Waals surface area (Å²) in [6.07, 6.45) is 0. The zero-order valence-corrected chi connectivity index (χ0v) is 14.6. The quantitative estimate of drug-likeness (QED) is 0.615. The molecule has 0 bridgehead atoms. The van der Waals surface area contributed by atoms with Crippen LogP contribution in [0.5, 0.6) is 5.75 Å². The van der Waals surface area contributed by atoms with Crippen LogP contribution in [0.25, 0.3) is 0 Å². The van der Waals surface area contributed by atoms with Crippen LogP contribution in [-0.2, 0) is 0 Å². The Balaban J connectivity index is 1.63.